The summed E-state index contributed by atoms with van der Waals surface area (Å²) >= 11 is 6.84. The number of hydrogen-bond donors (Lipinski definition) is 0. The van der Waals surface area contributed by atoms with Crippen molar-refractivity contribution in [2.24, 2.45) is 0 Å². The van der Waals surface area contributed by atoms with E-state index in [0.29, 0.717) is 16.5 Å². The van der Waals surface area contributed by atoms with Gasteiger partial charge in [-0.2, -0.15) is 18.4 Å². The van der Waals surface area contributed by atoms with Crippen molar-refractivity contribution >= 4 is 23.4 Å². The highest BCUT2D eigenvalue weighted by Gasteiger charge is 2.30. The Kier molecular flexibility index (Phi) is 5.16. The second kappa shape index (κ2) is 6.18. The van der Waals surface area contributed by atoms with Gasteiger partial charge in [0.25, 0.3) is 0 Å². The van der Waals surface area contributed by atoms with Gasteiger partial charge in [-0.1, -0.05) is 0 Å². The van der Waals surface area contributed by atoms with Gasteiger partial charge in [-0.3, -0.25) is 0 Å². The first-order valence-electron chi connectivity index (χ1n) is 4.79. The molecule has 0 aliphatic rings. The summed E-state index contributed by atoms with van der Waals surface area (Å²) in [6, 6.07) is 4.98. The third-order valence-electron chi connectivity index (χ3n) is 1.96. The van der Waals surface area contributed by atoms with Crippen LogP contribution in [0, 0.1) is 11.3 Å². The van der Waals surface area contributed by atoms with Crippen LogP contribution in [0.2, 0.25) is 0 Å². The predicted octanol–water partition coefficient (Wildman–Crippen LogP) is 4.30. The maximum Gasteiger partial charge on any atom is 0.416 e. The molecule has 0 amide bonds. The molecule has 0 atom stereocenters. The van der Waals surface area contributed by atoms with Gasteiger partial charge >= 0.3 is 6.18 Å². The van der Waals surface area contributed by atoms with E-state index in [-0.39, 0.29) is 5.56 Å². The first-order chi connectivity index (χ1) is 7.99. The molecule has 0 bridgehead atoms. The van der Waals surface area contributed by atoms with E-state index in [9.17, 15) is 13.2 Å². The van der Waals surface area contributed by atoms with E-state index in [1.807, 2.05) is 0 Å². The van der Waals surface area contributed by atoms with Crippen LogP contribution in [0.4, 0.5) is 13.2 Å². The summed E-state index contributed by atoms with van der Waals surface area (Å²) in [4.78, 5) is 0.561. The summed E-state index contributed by atoms with van der Waals surface area (Å²) in [5.41, 5.74) is -0.741. The number of hydrogen-bond acceptors (Lipinski definition) is 2. The van der Waals surface area contributed by atoms with Crippen LogP contribution in [0.5, 0.6) is 0 Å². The SMILES string of the molecule is N#Cc1cc(C(F)(F)F)ccc1SCCCCl. The van der Waals surface area contributed by atoms with Crippen molar-refractivity contribution in [1.29, 1.82) is 5.26 Å². The molecule has 0 aliphatic carbocycles. The van der Waals surface area contributed by atoms with E-state index in [1.165, 1.54) is 17.8 Å². The van der Waals surface area contributed by atoms with Gasteiger partial charge in [0.15, 0.2) is 0 Å². The van der Waals surface area contributed by atoms with E-state index >= 15 is 0 Å². The van der Waals surface area contributed by atoms with Crippen LogP contribution in [-0.4, -0.2) is 11.6 Å². The van der Waals surface area contributed by atoms with Crippen molar-refractivity contribution in [2.45, 2.75) is 17.5 Å². The Morgan fingerprint density at radius 3 is 2.59 bits per heavy atom. The molecule has 1 aromatic carbocycles. The van der Waals surface area contributed by atoms with Crippen molar-refractivity contribution in [2.75, 3.05) is 11.6 Å². The smallest absolute Gasteiger partial charge is 0.192 e. The Morgan fingerprint density at radius 1 is 1.35 bits per heavy atom. The number of benzene rings is 1. The Morgan fingerprint density at radius 2 is 2.06 bits per heavy atom. The molecule has 17 heavy (non-hydrogen) atoms. The molecule has 0 unspecified atom stereocenters. The molecular weight excluding hydrogens is 271 g/mol. The van der Waals surface area contributed by atoms with Crippen LogP contribution in [0.15, 0.2) is 23.1 Å². The van der Waals surface area contributed by atoms with Crippen LogP contribution >= 0.6 is 23.4 Å². The minimum atomic E-state index is -4.41. The zero-order chi connectivity index (χ0) is 12.9. The molecule has 6 heteroatoms. The number of rotatable bonds is 4. The fraction of sp³-hybridized carbons (Fsp3) is 0.364. The molecule has 1 nitrogen and oxygen atoms in total. The molecule has 0 saturated heterocycles. The maximum absolute atomic E-state index is 12.4. The Bertz CT molecular complexity index is 426. The van der Waals surface area contributed by atoms with Crippen molar-refractivity contribution in [3.63, 3.8) is 0 Å². The maximum atomic E-state index is 12.4. The van der Waals surface area contributed by atoms with E-state index in [4.69, 9.17) is 16.9 Å². The number of alkyl halides is 4. The zero-order valence-electron chi connectivity index (χ0n) is 8.72. The second-order valence-electron chi connectivity index (χ2n) is 3.21. The Hall–Kier alpha value is -0.860. The van der Waals surface area contributed by atoms with E-state index in [0.717, 1.165) is 18.6 Å². The summed E-state index contributed by atoms with van der Waals surface area (Å²) in [7, 11) is 0. The molecular formula is C11H9ClF3NS. The number of nitriles is 1. The lowest BCUT2D eigenvalue weighted by Crippen LogP contribution is -2.05. The van der Waals surface area contributed by atoms with Crippen molar-refractivity contribution < 1.29 is 13.2 Å². The fourth-order valence-electron chi connectivity index (χ4n) is 1.16. The second-order valence-corrected chi connectivity index (χ2v) is 4.73. The van der Waals surface area contributed by atoms with Gasteiger partial charge in [-0.05, 0) is 30.4 Å². The number of nitrogens with zero attached hydrogens (tertiary/aromatic N) is 1. The van der Waals surface area contributed by atoms with E-state index in [1.54, 1.807) is 6.07 Å². The largest absolute Gasteiger partial charge is 0.416 e. The summed E-state index contributed by atoms with van der Waals surface area (Å²) in [5.74, 6) is 1.18. The summed E-state index contributed by atoms with van der Waals surface area (Å²) in [6.45, 7) is 0. The normalized spacial score (nSPS) is 11.2. The van der Waals surface area contributed by atoms with Gasteiger partial charge < -0.3 is 0 Å². The van der Waals surface area contributed by atoms with E-state index < -0.39 is 11.7 Å². The van der Waals surface area contributed by atoms with Crippen LogP contribution < -0.4 is 0 Å². The average Bonchev–Trinajstić information content (AvgIpc) is 2.28. The summed E-state index contributed by atoms with van der Waals surface area (Å²) in [5, 5.41) is 8.81. The molecule has 92 valence electrons. The van der Waals surface area contributed by atoms with Crippen molar-refractivity contribution in [3.05, 3.63) is 29.3 Å². The third kappa shape index (κ3) is 4.14. The zero-order valence-corrected chi connectivity index (χ0v) is 10.3. The first-order valence-corrected chi connectivity index (χ1v) is 6.31. The molecule has 0 fully saturated rings. The third-order valence-corrected chi connectivity index (χ3v) is 3.39. The van der Waals surface area contributed by atoms with Crippen LogP contribution in [0.25, 0.3) is 0 Å². The molecule has 0 aliphatic heterocycles. The highest BCUT2D eigenvalue weighted by Crippen LogP contribution is 2.33. The average molecular weight is 280 g/mol. The van der Waals surface area contributed by atoms with Gasteiger partial charge in [0, 0.05) is 10.8 Å². The minimum Gasteiger partial charge on any atom is -0.192 e. The van der Waals surface area contributed by atoms with Crippen molar-refractivity contribution in [3.8, 4) is 6.07 Å². The molecule has 0 N–H and O–H groups in total. The molecule has 1 aromatic rings. The van der Waals surface area contributed by atoms with Gasteiger partial charge in [0.05, 0.1) is 11.1 Å². The number of thioether (sulfide) groups is 1. The van der Waals surface area contributed by atoms with Gasteiger partial charge in [-0.15, -0.1) is 23.4 Å². The summed E-state index contributed by atoms with van der Waals surface area (Å²) in [6.07, 6.45) is -3.66. The standard InChI is InChI=1S/C11H9ClF3NS/c12-4-1-5-17-10-3-2-9(11(13,14)15)6-8(10)7-16/h2-3,6H,1,4-5H2. The highest BCUT2D eigenvalue weighted by molar-refractivity contribution is 7.99. The van der Waals surface area contributed by atoms with Crippen LogP contribution in [-0.2, 0) is 6.18 Å². The lowest BCUT2D eigenvalue weighted by atomic mass is 10.1. The predicted molar refractivity (Wildman–Crippen MR) is 62.2 cm³/mol. The van der Waals surface area contributed by atoms with Gasteiger partial charge in [0.2, 0.25) is 0 Å². The van der Waals surface area contributed by atoms with Crippen LogP contribution in [0.3, 0.4) is 0 Å². The molecule has 0 aromatic heterocycles. The highest BCUT2D eigenvalue weighted by atomic mass is 35.5. The van der Waals surface area contributed by atoms with Gasteiger partial charge in [-0.25, -0.2) is 0 Å². The quantitative estimate of drug-likeness (QED) is 0.466. The first kappa shape index (κ1) is 14.2. The Labute approximate surface area is 107 Å². The molecule has 0 saturated carbocycles. The lowest BCUT2D eigenvalue weighted by molar-refractivity contribution is -0.137. The molecule has 0 radical (unpaired) electrons. The van der Waals surface area contributed by atoms with Gasteiger partial charge in [0.1, 0.15) is 6.07 Å². The topological polar surface area (TPSA) is 23.8 Å². The Balaban J connectivity index is 2.91. The van der Waals surface area contributed by atoms with E-state index in [2.05, 4.69) is 0 Å². The van der Waals surface area contributed by atoms with Crippen LogP contribution in [0.1, 0.15) is 17.5 Å². The molecule has 0 heterocycles. The minimum absolute atomic E-state index is 0.0550. The lowest BCUT2D eigenvalue weighted by Gasteiger charge is -2.09. The number of halogens is 4. The summed E-state index contributed by atoms with van der Waals surface area (Å²) < 4.78 is 37.2. The van der Waals surface area contributed by atoms with Crippen molar-refractivity contribution in [1.82, 2.24) is 0 Å². The molecule has 1 rings (SSSR count). The fourth-order valence-corrected chi connectivity index (χ4v) is 2.38. The molecule has 0 spiro atoms. The monoisotopic (exact) mass is 279 g/mol.